The molecule has 2 aromatic carbocycles. The fraction of sp³-hybridized carbons (Fsp3) is 0.0625. The Kier molecular flexibility index (Phi) is 2.79. The smallest absolute Gasteiger partial charge is 0.0705 e. The first-order chi connectivity index (χ1) is 8.86. The van der Waals surface area contributed by atoms with E-state index >= 15 is 0 Å². The van der Waals surface area contributed by atoms with Gasteiger partial charge in [0.25, 0.3) is 0 Å². The van der Waals surface area contributed by atoms with Gasteiger partial charge in [0.2, 0.25) is 0 Å². The third-order valence-corrected chi connectivity index (χ3v) is 3.05. The second-order valence-electron chi connectivity index (χ2n) is 4.27. The van der Waals surface area contributed by atoms with Crippen molar-refractivity contribution in [2.75, 3.05) is 0 Å². The van der Waals surface area contributed by atoms with Crippen molar-refractivity contribution in [1.82, 2.24) is 4.98 Å². The largest absolute Gasteiger partial charge is 0.392 e. The van der Waals surface area contributed by atoms with E-state index in [-0.39, 0.29) is 6.61 Å². The molecule has 0 fully saturated rings. The maximum absolute atomic E-state index is 9.15. The maximum atomic E-state index is 9.15. The molecule has 2 heteroatoms. The Morgan fingerprint density at radius 1 is 0.889 bits per heavy atom. The molecule has 1 heterocycles. The van der Waals surface area contributed by atoms with E-state index in [1.54, 1.807) is 6.20 Å². The number of nitrogens with zero attached hydrogens (tertiary/aromatic N) is 1. The molecule has 1 N–H and O–H groups in total. The van der Waals surface area contributed by atoms with Gasteiger partial charge in [0.05, 0.1) is 12.3 Å². The molecule has 0 spiro atoms. The predicted octanol–water partition coefficient (Wildman–Crippen LogP) is 3.39. The zero-order valence-corrected chi connectivity index (χ0v) is 9.88. The summed E-state index contributed by atoms with van der Waals surface area (Å²) in [5.74, 6) is 0. The van der Waals surface area contributed by atoms with Crippen LogP contribution in [0.25, 0.3) is 22.0 Å². The van der Waals surface area contributed by atoms with E-state index in [9.17, 15) is 0 Å². The minimum atomic E-state index is 0.0447. The van der Waals surface area contributed by atoms with Crippen molar-refractivity contribution in [3.8, 4) is 11.3 Å². The summed E-state index contributed by atoms with van der Waals surface area (Å²) in [4.78, 5) is 4.35. The van der Waals surface area contributed by atoms with Crippen LogP contribution < -0.4 is 0 Å². The Balaban J connectivity index is 2.13. The highest BCUT2D eigenvalue weighted by molar-refractivity contribution is 5.86. The lowest BCUT2D eigenvalue weighted by atomic mass is 10.0. The van der Waals surface area contributed by atoms with Gasteiger partial charge in [0.15, 0.2) is 0 Å². The number of hydrogen-bond acceptors (Lipinski definition) is 2. The summed E-state index contributed by atoms with van der Waals surface area (Å²) in [6, 6.07) is 18.3. The summed E-state index contributed by atoms with van der Waals surface area (Å²) < 4.78 is 0. The van der Waals surface area contributed by atoms with Crippen molar-refractivity contribution < 1.29 is 5.11 Å². The van der Waals surface area contributed by atoms with Crippen LogP contribution in [0.2, 0.25) is 0 Å². The highest BCUT2D eigenvalue weighted by Crippen LogP contribution is 2.23. The van der Waals surface area contributed by atoms with E-state index in [0.717, 1.165) is 16.8 Å². The van der Waals surface area contributed by atoms with Crippen molar-refractivity contribution in [3.63, 3.8) is 0 Å². The normalized spacial score (nSPS) is 10.7. The molecule has 0 amide bonds. The van der Waals surface area contributed by atoms with E-state index in [1.165, 1.54) is 10.8 Å². The van der Waals surface area contributed by atoms with Crippen molar-refractivity contribution in [2.24, 2.45) is 0 Å². The Hall–Kier alpha value is -2.19. The second-order valence-corrected chi connectivity index (χ2v) is 4.27. The standard InChI is InChI=1S/C16H13NO/c18-11-12-7-8-17-16(9-12)15-6-5-13-3-1-2-4-14(13)10-15/h1-10,18H,11H2. The van der Waals surface area contributed by atoms with Gasteiger partial charge in [-0.3, -0.25) is 4.98 Å². The highest BCUT2D eigenvalue weighted by Gasteiger charge is 2.01. The monoisotopic (exact) mass is 235 g/mol. The van der Waals surface area contributed by atoms with Crippen molar-refractivity contribution in [3.05, 3.63) is 66.4 Å². The molecule has 2 nitrogen and oxygen atoms in total. The van der Waals surface area contributed by atoms with Gasteiger partial charge < -0.3 is 5.11 Å². The summed E-state index contributed by atoms with van der Waals surface area (Å²) in [5, 5.41) is 11.6. The van der Waals surface area contributed by atoms with Gasteiger partial charge in [-0.2, -0.15) is 0 Å². The molecule has 0 unspecified atom stereocenters. The lowest BCUT2D eigenvalue weighted by molar-refractivity contribution is 0.282. The molecule has 3 aromatic rings. The summed E-state index contributed by atoms with van der Waals surface area (Å²) in [6.45, 7) is 0.0447. The van der Waals surface area contributed by atoms with E-state index in [1.807, 2.05) is 24.3 Å². The number of benzene rings is 2. The molecule has 0 saturated heterocycles. The van der Waals surface area contributed by atoms with Gasteiger partial charge >= 0.3 is 0 Å². The highest BCUT2D eigenvalue weighted by atomic mass is 16.3. The minimum Gasteiger partial charge on any atom is -0.392 e. The minimum absolute atomic E-state index is 0.0447. The molecule has 0 saturated carbocycles. The number of aromatic nitrogens is 1. The predicted molar refractivity (Wildman–Crippen MR) is 73.1 cm³/mol. The number of pyridine rings is 1. The van der Waals surface area contributed by atoms with Crippen LogP contribution in [-0.4, -0.2) is 10.1 Å². The maximum Gasteiger partial charge on any atom is 0.0705 e. The molecular formula is C16H13NO. The number of fused-ring (bicyclic) bond motifs is 1. The molecule has 3 rings (SSSR count). The summed E-state index contributed by atoms with van der Waals surface area (Å²) in [6.07, 6.45) is 1.73. The number of rotatable bonds is 2. The first-order valence-corrected chi connectivity index (χ1v) is 5.92. The molecule has 0 bridgehead atoms. The Labute approximate surface area is 106 Å². The third kappa shape index (κ3) is 1.98. The van der Waals surface area contributed by atoms with Crippen LogP contribution in [0.3, 0.4) is 0 Å². The molecule has 0 aliphatic heterocycles. The number of hydrogen-bond donors (Lipinski definition) is 1. The van der Waals surface area contributed by atoms with E-state index in [0.29, 0.717) is 0 Å². The fourth-order valence-corrected chi connectivity index (χ4v) is 2.08. The lowest BCUT2D eigenvalue weighted by Gasteiger charge is -2.04. The Bertz CT molecular complexity index is 691. The summed E-state index contributed by atoms with van der Waals surface area (Å²) >= 11 is 0. The molecule has 0 atom stereocenters. The first-order valence-electron chi connectivity index (χ1n) is 5.92. The molecule has 0 aliphatic rings. The summed E-state index contributed by atoms with van der Waals surface area (Å²) in [5.41, 5.74) is 2.85. The number of aliphatic hydroxyl groups is 1. The zero-order chi connectivity index (χ0) is 12.4. The van der Waals surface area contributed by atoms with Gasteiger partial charge in [0.1, 0.15) is 0 Å². The van der Waals surface area contributed by atoms with E-state index < -0.39 is 0 Å². The van der Waals surface area contributed by atoms with Crippen LogP contribution in [0.5, 0.6) is 0 Å². The molecule has 88 valence electrons. The summed E-state index contributed by atoms with van der Waals surface area (Å²) in [7, 11) is 0. The zero-order valence-electron chi connectivity index (χ0n) is 9.88. The van der Waals surface area contributed by atoms with Crippen LogP contribution >= 0.6 is 0 Å². The second kappa shape index (κ2) is 4.59. The number of aliphatic hydroxyl groups excluding tert-OH is 1. The van der Waals surface area contributed by atoms with E-state index in [2.05, 4.69) is 35.3 Å². The van der Waals surface area contributed by atoms with Crippen molar-refractivity contribution >= 4 is 10.8 Å². The average Bonchev–Trinajstić information content (AvgIpc) is 2.47. The molecule has 1 aromatic heterocycles. The Morgan fingerprint density at radius 2 is 1.72 bits per heavy atom. The van der Waals surface area contributed by atoms with Crippen LogP contribution in [-0.2, 0) is 6.61 Å². The SMILES string of the molecule is OCc1ccnc(-c2ccc3ccccc3c2)c1. The molecule has 0 radical (unpaired) electrons. The molecule has 0 aliphatic carbocycles. The topological polar surface area (TPSA) is 33.1 Å². The van der Waals surface area contributed by atoms with Crippen LogP contribution in [0.15, 0.2) is 60.8 Å². The first kappa shape index (κ1) is 10.9. The van der Waals surface area contributed by atoms with Crippen LogP contribution in [0, 0.1) is 0 Å². The lowest BCUT2D eigenvalue weighted by Crippen LogP contribution is -1.88. The van der Waals surface area contributed by atoms with Gasteiger partial charge in [-0.25, -0.2) is 0 Å². The van der Waals surface area contributed by atoms with Gasteiger partial charge in [0, 0.05) is 11.8 Å². The van der Waals surface area contributed by atoms with Gasteiger partial charge in [-0.05, 0) is 34.5 Å². The molecular weight excluding hydrogens is 222 g/mol. The molecule has 18 heavy (non-hydrogen) atoms. The van der Waals surface area contributed by atoms with Crippen molar-refractivity contribution in [1.29, 1.82) is 0 Å². The fourth-order valence-electron chi connectivity index (χ4n) is 2.08. The van der Waals surface area contributed by atoms with Gasteiger partial charge in [-0.15, -0.1) is 0 Å². The quantitative estimate of drug-likeness (QED) is 0.738. The Morgan fingerprint density at radius 3 is 2.56 bits per heavy atom. The third-order valence-electron chi connectivity index (χ3n) is 3.05. The van der Waals surface area contributed by atoms with Gasteiger partial charge in [-0.1, -0.05) is 36.4 Å². The van der Waals surface area contributed by atoms with Crippen LogP contribution in [0.4, 0.5) is 0 Å². The average molecular weight is 235 g/mol. The van der Waals surface area contributed by atoms with E-state index in [4.69, 9.17) is 5.11 Å². The van der Waals surface area contributed by atoms with Crippen LogP contribution in [0.1, 0.15) is 5.56 Å². The van der Waals surface area contributed by atoms with Crippen molar-refractivity contribution in [2.45, 2.75) is 6.61 Å².